The van der Waals surface area contributed by atoms with Crippen molar-refractivity contribution in [1.29, 1.82) is 0 Å². The first-order valence-electron chi connectivity index (χ1n) is 15.7. The molecule has 4 aromatic rings. The standard InChI is InChI=1S/C36H41N5O4S/c1-3-39(4-2)24-23-37-35(42)34-27-40(36(43)38-33-18-12-11-17-32(33)30-15-9-6-10-16-30)25-26-41(34)46(44,45)31-21-19-29(20-22-31)28-13-7-5-8-14-28/h5-22,34H,3-4,23-27H2,1-2H3,(H,37,42)(H,38,43). The quantitative estimate of drug-likeness (QED) is 0.229. The number of hydrogen-bond acceptors (Lipinski definition) is 5. The van der Waals surface area contributed by atoms with Crippen molar-refractivity contribution in [1.82, 2.24) is 19.4 Å². The average Bonchev–Trinajstić information content (AvgIpc) is 3.11. The van der Waals surface area contributed by atoms with Gasteiger partial charge in [-0.05, 0) is 48.0 Å². The number of amides is 3. The summed E-state index contributed by atoms with van der Waals surface area (Å²) < 4.78 is 29.3. The Balaban J connectivity index is 1.37. The van der Waals surface area contributed by atoms with Gasteiger partial charge in [0.05, 0.1) is 10.6 Å². The molecule has 1 aliphatic heterocycles. The van der Waals surface area contributed by atoms with Gasteiger partial charge in [0.1, 0.15) is 6.04 Å². The molecule has 1 unspecified atom stereocenters. The number of para-hydroxylation sites is 1. The van der Waals surface area contributed by atoms with Crippen molar-refractivity contribution < 1.29 is 18.0 Å². The summed E-state index contributed by atoms with van der Waals surface area (Å²) in [5.41, 5.74) is 4.32. The van der Waals surface area contributed by atoms with E-state index in [-0.39, 0.29) is 24.5 Å². The van der Waals surface area contributed by atoms with Crippen LogP contribution in [0.2, 0.25) is 0 Å². The molecule has 240 valence electrons. The molecule has 1 fully saturated rings. The number of benzene rings is 4. The van der Waals surface area contributed by atoms with Gasteiger partial charge in [-0.1, -0.05) is 105 Å². The fourth-order valence-electron chi connectivity index (χ4n) is 5.69. The number of nitrogens with zero attached hydrogens (tertiary/aromatic N) is 3. The van der Waals surface area contributed by atoms with Crippen LogP contribution in [0.5, 0.6) is 0 Å². The van der Waals surface area contributed by atoms with Crippen LogP contribution in [0.25, 0.3) is 22.3 Å². The first-order valence-corrected chi connectivity index (χ1v) is 17.1. The Morgan fingerprint density at radius 1 is 0.761 bits per heavy atom. The van der Waals surface area contributed by atoms with E-state index in [9.17, 15) is 18.0 Å². The van der Waals surface area contributed by atoms with Gasteiger partial charge in [0.25, 0.3) is 0 Å². The Kier molecular flexibility index (Phi) is 10.8. The van der Waals surface area contributed by atoms with Gasteiger partial charge in [0.2, 0.25) is 15.9 Å². The van der Waals surface area contributed by atoms with Crippen LogP contribution in [0.3, 0.4) is 0 Å². The Bertz CT molecular complexity index is 1710. The van der Waals surface area contributed by atoms with E-state index in [1.807, 2.05) is 84.9 Å². The number of rotatable bonds is 11. The van der Waals surface area contributed by atoms with Crippen molar-refractivity contribution in [3.63, 3.8) is 0 Å². The lowest BCUT2D eigenvalue weighted by Gasteiger charge is -2.39. The maximum Gasteiger partial charge on any atom is 0.321 e. The molecule has 0 aliphatic carbocycles. The summed E-state index contributed by atoms with van der Waals surface area (Å²) in [6.45, 7) is 6.81. The SMILES string of the molecule is CCN(CC)CCNC(=O)C1CN(C(=O)Nc2ccccc2-c2ccccc2)CCN1S(=O)(=O)c1ccc(-c2ccccc2)cc1. The van der Waals surface area contributed by atoms with Crippen LogP contribution in [0, 0.1) is 0 Å². The van der Waals surface area contributed by atoms with Crippen molar-refractivity contribution in [3.8, 4) is 22.3 Å². The van der Waals surface area contributed by atoms with Gasteiger partial charge in [-0.15, -0.1) is 0 Å². The molecule has 1 aliphatic rings. The van der Waals surface area contributed by atoms with Crippen molar-refractivity contribution >= 4 is 27.6 Å². The monoisotopic (exact) mass is 639 g/mol. The summed E-state index contributed by atoms with van der Waals surface area (Å²) >= 11 is 0. The zero-order chi connectivity index (χ0) is 32.5. The van der Waals surface area contributed by atoms with Gasteiger partial charge < -0.3 is 20.4 Å². The Morgan fingerprint density at radius 3 is 2.00 bits per heavy atom. The second kappa shape index (κ2) is 15.2. The second-order valence-corrected chi connectivity index (χ2v) is 13.0. The van der Waals surface area contributed by atoms with E-state index < -0.39 is 28.0 Å². The minimum atomic E-state index is -4.05. The fraction of sp³-hybridized carbons (Fsp3) is 0.278. The smallest absolute Gasteiger partial charge is 0.321 e. The molecule has 0 spiro atoms. The van der Waals surface area contributed by atoms with Crippen molar-refractivity contribution in [2.75, 3.05) is 51.1 Å². The molecule has 10 heteroatoms. The third-order valence-corrected chi connectivity index (χ3v) is 10.3. The summed E-state index contributed by atoms with van der Waals surface area (Å²) in [5.74, 6) is -0.432. The minimum Gasteiger partial charge on any atom is -0.353 e. The maximum absolute atomic E-state index is 14.0. The largest absolute Gasteiger partial charge is 0.353 e. The Morgan fingerprint density at radius 2 is 1.35 bits per heavy atom. The minimum absolute atomic E-state index is 0.0232. The van der Waals surface area contributed by atoms with E-state index in [2.05, 4.69) is 29.4 Å². The van der Waals surface area contributed by atoms with Crippen LogP contribution in [0.4, 0.5) is 10.5 Å². The van der Waals surface area contributed by atoms with Gasteiger partial charge in [-0.3, -0.25) is 4.79 Å². The molecule has 0 bridgehead atoms. The zero-order valence-electron chi connectivity index (χ0n) is 26.3. The van der Waals surface area contributed by atoms with Gasteiger partial charge in [0, 0.05) is 38.3 Å². The molecule has 2 N–H and O–H groups in total. The summed E-state index contributed by atoms with van der Waals surface area (Å²) in [6.07, 6.45) is 0. The second-order valence-electron chi connectivity index (χ2n) is 11.1. The van der Waals surface area contributed by atoms with Gasteiger partial charge in [-0.25, -0.2) is 13.2 Å². The van der Waals surface area contributed by atoms with E-state index in [1.54, 1.807) is 24.3 Å². The predicted molar refractivity (Wildman–Crippen MR) is 183 cm³/mol. The highest BCUT2D eigenvalue weighted by Crippen LogP contribution is 2.29. The van der Waals surface area contributed by atoms with Gasteiger partial charge >= 0.3 is 6.03 Å². The number of anilines is 1. The number of carbonyl (C=O) groups is 2. The van der Waals surface area contributed by atoms with Crippen molar-refractivity contribution in [2.45, 2.75) is 24.8 Å². The summed E-state index contributed by atoms with van der Waals surface area (Å²) in [7, 11) is -4.05. The third-order valence-electron chi connectivity index (χ3n) is 8.36. The van der Waals surface area contributed by atoms with Crippen LogP contribution < -0.4 is 10.6 Å². The number of piperazine rings is 1. The number of carbonyl (C=O) groups excluding carboxylic acids is 2. The molecule has 0 saturated carbocycles. The average molecular weight is 640 g/mol. The topological polar surface area (TPSA) is 102 Å². The Hall–Kier alpha value is -4.51. The number of hydrogen-bond donors (Lipinski definition) is 2. The molecule has 9 nitrogen and oxygen atoms in total. The molecule has 3 amide bonds. The van der Waals surface area contributed by atoms with E-state index in [4.69, 9.17) is 0 Å². The van der Waals surface area contributed by atoms with Crippen LogP contribution >= 0.6 is 0 Å². The molecule has 4 aromatic carbocycles. The van der Waals surface area contributed by atoms with Gasteiger partial charge in [0.15, 0.2) is 0 Å². The highest BCUT2D eigenvalue weighted by Gasteiger charge is 2.41. The van der Waals surface area contributed by atoms with Crippen molar-refractivity contribution in [3.05, 3.63) is 109 Å². The molecule has 46 heavy (non-hydrogen) atoms. The lowest BCUT2D eigenvalue weighted by atomic mass is 10.0. The fourth-order valence-corrected chi connectivity index (χ4v) is 7.26. The highest BCUT2D eigenvalue weighted by atomic mass is 32.2. The molecule has 5 rings (SSSR count). The molecular weight excluding hydrogens is 598 g/mol. The summed E-state index contributed by atoms with van der Waals surface area (Å²) in [5, 5.41) is 5.93. The normalized spacial score (nSPS) is 15.5. The van der Waals surface area contributed by atoms with E-state index in [1.165, 1.54) is 9.21 Å². The highest BCUT2D eigenvalue weighted by molar-refractivity contribution is 7.89. The van der Waals surface area contributed by atoms with Crippen LogP contribution in [-0.4, -0.2) is 86.3 Å². The molecule has 1 saturated heterocycles. The summed E-state index contributed by atoms with van der Waals surface area (Å²) in [6, 6.07) is 32.2. The van der Waals surface area contributed by atoms with Crippen molar-refractivity contribution in [2.24, 2.45) is 0 Å². The molecule has 1 heterocycles. The van der Waals surface area contributed by atoms with Crippen LogP contribution in [0.15, 0.2) is 114 Å². The lowest BCUT2D eigenvalue weighted by Crippen LogP contribution is -2.62. The van der Waals surface area contributed by atoms with Crippen LogP contribution in [-0.2, 0) is 14.8 Å². The number of likely N-dealkylation sites (N-methyl/N-ethyl adjacent to an activating group) is 1. The number of sulfonamides is 1. The Labute approximate surface area is 271 Å². The van der Waals surface area contributed by atoms with Crippen LogP contribution in [0.1, 0.15) is 13.8 Å². The third kappa shape index (κ3) is 7.64. The first-order chi connectivity index (χ1) is 22.3. The molecular formula is C36H41N5O4S. The number of urea groups is 1. The maximum atomic E-state index is 14.0. The molecule has 0 aromatic heterocycles. The molecule has 1 atom stereocenters. The lowest BCUT2D eigenvalue weighted by molar-refractivity contribution is -0.126. The van der Waals surface area contributed by atoms with E-state index in [0.717, 1.165) is 35.3 Å². The summed E-state index contributed by atoms with van der Waals surface area (Å²) in [4.78, 5) is 31.1. The predicted octanol–water partition coefficient (Wildman–Crippen LogP) is 5.39. The van der Waals surface area contributed by atoms with Gasteiger partial charge in [-0.2, -0.15) is 4.31 Å². The number of nitrogens with one attached hydrogen (secondary N) is 2. The van der Waals surface area contributed by atoms with E-state index in [0.29, 0.717) is 18.8 Å². The molecule has 0 radical (unpaired) electrons. The first kappa shape index (κ1) is 32.9. The van der Waals surface area contributed by atoms with E-state index >= 15 is 0 Å². The zero-order valence-corrected chi connectivity index (χ0v) is 27.1.